The third-order valence-corrected chi connectivity index (χ3v) is 4.69. The van der Waals surface area contributed by atoms with Gasteiger partial charge >= 0.3 is 0 Å². The number of benzene rings is 2. The Morgan fingerprint density at radius 1 is 1.13 bits per heavy atom. The first kappa shape index (κ1) is 22.0. The Bertz CT molecular complexity index is 1170. The van der Waals surface area contributed by atoms with Gasteiger partial charge in [-0.15, -0.1) is 0 Å². The summed E-state index contributed by atoms with van der Waals surface area (Å²) in [5, 5.41) is 7.99. The van der Waals surface area contributed by atoms with Gasteiger partial charge < -0.3 is 15.0 Å². The molecule has 0 spiro atoms. The van der Waals surface area contributed by atoms with Crippen LogP contribution in [0.3, 0.4) is 0 Å². The van der Waals surface area contributed by atoms with Crippen LogP contribution in [-0.4, -0.2) is 47.2 Å². The molecule has 0 aliphatic heterocycles. The maximum Gasteiger partial charge on any atom is 0.275 e. The number of hydrogen-bond acceptors (Lipinski definition) is 5. The first-order chi connectivity index (χ1) is 14.8. The molecule has 0 radical (unpaired) electrons. The first-order valence-corrected chi connectivity index (χ1v) is 9.99. The smallest absolute Gasteiger partial charge is 0.275 e. The zero-order valence-electron chi connectivity index (χ0n) is 18.1. The summed E-state index contributed by atoms with van der Waals surface area (Å²) >= 11 is 0. The van der Waals surface area contributed by atoms with E-state index in [1.165, 1.54) is 16.6 Å². The molecule has 2 aromatic carbocycles. The largest absolute Gasteiger partial charge is 0.497 e. The molecule has 1 aromatic heterocycles. The Kier molecular flexibility index (Phi) is 6.69. The van der Waals surface area contributed by atoms with Crippen molar-refractivity contribution in [2.75, 3.05) is 26.0 Å². The minimum Gasteiger partial charge on any atom is -0.497 e. The highest BCUT2D eigenvalue weighted by Crippen LogP contribution is 2.17. The Balaban J connectivity index is 1.85. The highest BCUT2D eigenvalue weighted by molar-refractivity contribution is 6.06. The average Bonchev–Trinajstić information content (AvgIpc) is 2.75. The van der Waals surface area contributed by atoms with Crippen molar-refractivity contribution in [1.29, 1.82) is 0 Å². The summed E-state index contributed by atoms with van der Waals surface area (Å²) in [4.78, 5) is 39.6. The predicted molar refractivity (Wildman–Crippen MR) is 119 cm³/mol. The van der Waals surface area contributed by atoms with E-state index in [0.717, 1.165) is 0 Å². The summed E-state index contributed by atoms with van der Waals surface area (Å²) in [6, 6.07) is 13.8. The molecule has 8 heteroatoms. The maximum atomic E-state index is 13.1. The lowest BCUT2D eigenvalue weighted by Gasteiger charge is -2.18. The highest BCUT2D eigenvalue weighted by Gasteiger charge is 2.22. The van der Waals surface area contributed by atoms with Crippen molar-refractivity contribution in [3.05, 3.63) is 64.6 Å². The number of ether oxygens (including phenoxy) is 1. The molecular weight excluding hydrogens is 396 g/mol. The molecule has 0 aliphatic rings. The van der Waals surface area contributed by atoms with Gasteiger partial charge in [-0.25, -0.2) is 4.68 Å². The molecule has 0 bridgehead atoms. The lowest BCUT2D eigenvalue weighted by Crippen LogP contribution is -2.37. The van der Waals surface area contributed by atoms with E-state index in [0.29, 0.717) is 28.8 Å². The van der Waals surface area contributed by atoms with Gasteiger partial charge in [-0.2, -0.15) is 5.10 Å². The van der Waals surface area contributed by atoms with E-state index in [-0.39, 0.29) is 29.6 Å². The standard InChI is InChI=1S/C23H26N4O4/c1-15(2)13-27-22(29)19-11-6-5-10-18(19)21(25-27)23(30)26(3)14-20(28)24-16-8-7-9-17(12-16)31-4/h5-12,15H,13-14H2,1-4H3,(H,24,28). The van der Waals surface area contributed by atoms with Crippen molar-refractivity contribution < 1.29 is 14.3 Å². The lowest BCUT2D eigenvalue weighted by atomic mass is 10.1. The van der Waals surface area contributed by atoms with Gasteiger partial charge in [0.05, 0.1) is 19.0 Å². The van der Waals surface area contributed by atoms with Crippen LogP contribution >= 0.6 is 0 Å². The van der Waals surface area contributed by atoms with Crippen molar-refractivity contribution in [3.63, 3.8) is 0 Å². The molecule has 0 fully saturated rings. The van der Waals surface area contributed by atoms with Gasteiger partial charge in [0.25, 0.3) is 11.5 Å². The first-order valence-electron chi connectivity index (χ1n) is 9.99. The molecule has 3 aromatic rings. The third kappa shape index (κ3) is 5.09. The fraction of sp³-hybridized carbons (Fsp3) is 0.304. The lowest BCUT2D eigenvalue weighted by molar-refractivity contribution is -0.116. The SMILES string of the molecule is COc1cccc(NC(=O)CN(C)C(=O)c2nn(CC(C)C)c(=O)c3ccccc23)c1. The van der Waals surface area contributed by atoms with Gasteiger partial charge in [-0.1, -0.05) is 38.1 Å². The molecule has 0 aliphatic carbocycles. The third-order valence-electron chi connectivity index (χ3n) is 4.69. The normalized spacial score (nSPS) is 10.9. The zero-order valence-corrected chi connectivity index (χ0v) is 18.1. The van der Waals surface area contributed by atoms with Gasteiger partial charge in [0.1, 0.15) is 5.75 Å². The summed E-state index contributed by atoms with van der Waals surface area (Å²) in [5.41, 5.74) is 0.478. The molecule has 0 atom stereocenters. The Morgan fingerprint density at radius 2 is 1.84 bits per heavy atom. The number of methoxy groups -OCH3 is 1. The van der Waals surface area contributed by atoms with E-state index in [1.54, 1.807) is 55.6 Å². The van der Waals surface area contributed by atoms with Crippen molar-refractivity contribution in [2.24, 2.45) is 5.92 Å². The average molecular weight is 422 g/mol. The minimum atomic E-state index is -0.436. The molecule has 0 unspecified atom stereocenters. The maximum absolute atomic E-state index is 13.1. The number of nitrogens with one attached hydrogen (secondary N) is 1. The van der Waals surface area contributed by atoms with Crippen molar-refractivity contribution in [1.82, 2.24) is 14.7 Å². The number of anilines is 1. The molecule has 2 amide bonds. The van der Waals surface area contributed by atoms with E-state index in [2.05, 4.69) is 10.4 Å². The van der Waals surface area contributed by atoms with Gasteiger partial charge in [-0.05, 0) is 24.1 Å². The second-order valence-corrected chi connectivity index (χ2v) is 7.72. The zero-order chi connectivity index (χ0) is 22.5. The Labute approximate surface area is 180 Å². The number of carbonyl (C=O) groups excluding carboxylic acids is 2. The number of likely N-dealkylation sites (N-methyl/N-ethyl adjacent to an activating group) is 1. The summed E-state index contributed by atoms with van der Waals surface area (Å²) < 4.78 is 6.47. The molecule has 1 heterocycles. The molecule has 0 saturated heterocycles. The van der Waals surface area contributed by atoms with Crippen LogP contribution in [0.4, 0.5) is 5.69 Å². The van der Waals surface area contributed by atoms with E-state index < -0.39 is 5.91 Å². The van der Waals surface area contributed by atoms with E-state index in [9.17, 15) is 14.4 Å². The number of fused-ring (bicyclic) bond motifs is 1. The highest BCUT2D eigenvalue weighted by atomic mass is 16.5. The molecule has 31 heavy (non-hydrogen) atoms. The fourth-order valence-electron chi connectivity index (χ4n) is 3.23. The number of nitrogens with zero attached hydrogens (tertiary/aromatic N) is 3. The van der Waals surface area contributed by atoms with Crippen LogP contribution in [0.15, 0.2) is 53.3 Å². The number of amides is 2. The van der Waals surface area contributed by atoms with Gasteiger partial charge in [0.15, 0.2) is 5.69 Å². The number of carbonyl (C=O) groups is 2. The van der Waals surface area contributed by atoms with Crippen molar-refractivity contribution in [2.45, 2.75) is 20.4 Å². The van der Waals surface area contributed by atoms with Crippen LogP contribution in [0.5, 0.6) is 5.75 Å². The van der Waals surface area contributed by atoms with Gasteiger partial charge in [0.2, 0.25) is 5.91 Å². The van der Waals surface area contributed by atoms with Crippen LogP contribution in [-0.2, 0) is 11.3 Å². The number of hydrogen-bond donors (Lipinski definition) is 1. The fourth-order valence-corrected chi connectivity index (χ4v) is 3.23. The van der Waals surface area contributed by atoms with Crippen molar-refractivity contribution in [3.8, 4) is 5.75 Å². The molecule has 8 nitrogen and oxygen atoms in total. The molecule has 3 rings (SSSR count). The second kappa shape index (κ2) is 9.42. The van der Waals surface area contributed by atoms with Gasteiger partial charge in [0, 0.05) is 30.7 Å². The van der Waals surface area contributed by atoms with Gasteiger partial charge in [-0.3, -0.25) is 14.4 Å². The summed E-state index contributed by atoms with van der Waals surface area (Å²) in [6.07, 6.45) is 0. The quantitative estimate of drug-likeness (QED) is 0.632. The van der Waals surface area contributed by atoms with Crippen LogP contribution in [0.2, 0.25) is 0 Å². The minimum absolute atomic E-state index is 0.146. The van der Waals surface area contributed by atoms with Crippen LogP contribution in [0, 0.1) is 5.92 Å². The van der Waals surface area contributed by atoms with Crippen LogP contribution in [0.25, 0.3) is 10.8 Å². The van der Waals surface area contributed by atoms with Crippen molar-refractivity contribution >= 4 is 28.3 Å². The number of aromatic nitrogens is 2. The summed E-state index contributed by atoms with van der Waals surface area (Å²) in [7, 11) is 3.07. The molecular formula is C23H26N4O4. The van der Waals surface area contributed by atoms with E-state index >= 15 is 0 Å². The van der Waals surface area contributed by atoms with E-state index in [1.807, 2.05) is 13.8 Å². The Hall–Kier alpha value is -3.68. The van der Waals surface area contributed by atoms with Crippen LogP contribution < -0.4 is 15.6 Å². The molecule has 1 N–H and O–H groups in total. The second-order valence-electron chi connectivity index (χ2n) is 7.72. The van der Waals surface area contributed by atoms with E-state index in [4.69, 9.17) is 4.74 Å². The summed E-state index contributed by atoms with van der Waals surface area (Å²) in [5.74, 6) is 0.00408. The molecule has 0 saturated carbocycles. The van der Waals surface area contributed by atoms with Crippen LogP contribution in [0.1, 0.15) is 24.3 Å². The topological polar surface area (TPSA) is 93.5 Å². The molecule has 162 valence electrons. The summed E-state index contributed by atoms with van der Waals surface area (Å²) in [6.45, 7) is 4.17. The predicted octanol–water partition coefficient (Wildman–Crippen LogP) is 2.77. The monoisotopic (exact) mass is 422 g/mol. The Morgan fingerprint density at radius 3 is 2.52 bits per heavy atom. The number of rotatable bonds is 7.